The summed E-state index contributed by atoms with van der Waals surface area (Å²) < 4.78 is 31.9. The van der Waals surface area contributed by atoms with Crippen molar-refractivity contribution in [1.82, 2.24) is 4.31 Å². The molecule has 0 bridgehead atoms. The predicted octanol–water partition coefficient (Wildman–Crippen LogP) is 1.86. The highest BCUT2D eigenvalue weighted by Crippen LogP contribution is 2.29. The van der Waals surface area contributed by atoms with Crippen molar-refractivity contribution in [1.29, 1.82) is 0 Å². The molecule has 17 heavy (non-hydrogen) atoms. The summed E-state index contributed by atoms with van der Waals surface area (Å²) in [4.78, 5) is 1.02. The number of rotatable bonds is 4. The summed E-state index contributed by atoms with van der Waals surface area (Å²) in [5.74, 6) is 0. The van der Waals surface area contributed by atoms with Crippen molar-refractivity contribution in [2.45, 2.75) is 30.0 Å². The van der Waals surface area contributed by atoms with Crippen LogP contribution in [0.25, 0.3) is 0 Å². The minimum atomic E-state index is -3.32. The zero-order chi connectivity index (χ0) is 12.5. The molecule has 2 rings (SSSR count). The number of thiophene rings is 1. The van der Waals surface area contributed by atoms with Gasteiger partial charge in [0.05, 0.1) is 6.61 Å². The Labute approximate surface area is 106 Å². The van der Waals surface area contributed by atoms with Crippen molar-refractivity contribution in [3.8, 4) is 0 Å². The molecule has 1 fully saturated rings. The second kappa shape index (κ2) is 5.06. The number of hydrogen-bond donors (Lipinski definition) is 0. The van der Waals surface area contributed by atoms with Crippen molar-refractivity contribution in [2.24, 2.45) is 0 Å². The van der Waals surface area contributed by atoms with Crippen molar-refractivity contribution >= 4 is 21.4 Å². The van der Waals surface area contributed by atoms with Crippen LogP contribution >= 0.6 is 11.3 Å². The summed E-state index contributed by atoms with van der Waals surface area (Å²) in [6.07, 6.45) is 1.80. The van der Waals surface area contributed by atoms with Crippen LogP contribution in [0.15, 0.2) is 16.3 Å². The molecule has 0 radical (unpaired) electrons. The lowest BCUT2D eigenvalue weighted by atomic mass is 10.2. The first-order valence-corrected chi connectivity index (χ1v) is 7.88. The number of ether oxygens (including phenoxy) is 1. The van der Waals surface area contributed by atoms with E-state index in [1.165, 1.54) is 11.3 Å². The highest BCUT2D eigenvalue weighted by Gasteiger charge is 2.35. The van der Waals surface area contributed by atoms with Crippen LogP contribution in [0.3, 0.4) is 0 Å². The van der Waals surface area contributed by atoms with Gasteiger partial charge in [-0.05, 0) is 31.9 Å². The first kappa shape index (κ1) is 13.0. The van der Waals surface area contributed by atoms with Crippen LogP contribution in [-0.2, 0) is 14.8 Å². The van der Waals surface area contributed by atoms with Gasteiger partial charge in [0.25, 0.3) is 10.0 Å². The maximum Gasteiger partial charge on any atom is 0.252 e. The number of sulfonamides is 1. The molecule has 0 spiro atoms. The first-order valence-electron chi connectivity index (χ1n) is 5.63. The van der Waals surface area contributed by atoms with Crippen LogP contribution in [-0.4, -0.2) is 39.0 Å². The van der Waals surface area contributed by atoms with Crippen LogP contribution < -0.4 is 0 Å². The molecule has 1 atom stereocenters. The van der Waals surface area contributed by atoms with E-state index in [4.69, 9.17) is 4.74 Å². The number of hydrogen-bond acceptors (Lipinski definition) is 4. The van der Waals surface area contributed by atoms with Gasteiger partial charge in [0.15, 0.2) is 0 Å². The smallest absolute Gasteiger partial charge is 0.252 e. The van der Waals surface area contributed by atoms with Crippen LogP contribution in [0.1, 0.15) is 17.7 Å². The van der Waals surface area contributed by atoms with E-state index >= 15 is 0 Å². The molecule has 0 aliphatic carbocycles. The molecule has 0 N–H and O–H groups in total. The van der Waals surface area contributed by atoms with Gasteiger partial charge in [-0.1, -0.05) is 0 Å². The molecule has 1 aliphatic heterocycles. The quantitative estimate of drug-likeness (QED) is 0.842. The fraction of sp³-hybridized carbons (Fsp3) is 0.636. The van der Waals surface area contributed by atoms with Gasteiger partial charge in [0.2, 0.25) is 0 Å². The molecule has 4 nitrogen and oxygen atoms in total. The Bertz CT molecular complexity index is 481. The van der Waals surface area contributed by atoms with Gasteiger partial charge in [-0.3, -0.25) is 0 Å². The molecular weight excluding hydrogens is 258 g/mol. The lowest BCUT2D eigenvalue weighted by Crippen LogP contribution is -2.37. The Hall–Kier alpha value is -0.430. The third-order valence-corrected chi connectivity index (χ3v) is 6.38. The van der Waals surface area contributed by atoms with Crippen molar-refractivity contribution in [3.63, 3.8) is 0 Å². The van der Waals surface area contributed by atoms with E-state index in [-0.39, 0.29) is 6.04 Å². The van der Waals surface area contributed by atoms with Gasteiger partial charge >= 0.3 is 0 Å². The number of methoxy groups -OCH3 is 1. The van der Waals surface area contributed by atoms with E-state index < -0.39 is 10.0 Å². The molecule has 1 saturated heterocycles. The summed E-state index contributed by atoms with van der Waals surface area (Å²) in [5, 5.41) is 0. The minimum absolute atomic E-state index is 0.00703. The van der Waals surface area contributed by atoms with Gasteiger partial charge in [0, 0.05) is 24.6 Å². The summed E-state index contributed by atoms with van der Waals surface area (Å²) in [5.41, 5.74) is 0. The number of aryl methyl sites for hydroxylation is 1. The van der Waals surface area contributed by atoms with Crippen molar-refractivity contribution in [3.05, 3.63) is 17.0 Å². The van der Waals surface area contributed by atoms with E-state index in [9.17, 15) is 8.42 Å². The summed E-state index contributed by atoms with van der Waals surface area (Å²) in [6.45, 7) is 3.00. The molecule has 0 amide bonds. The maximum atomic E-state index is 12.4. The molecule has 0 saturated carbocycles. The topological polar surface area (TPSA) is 46.6 Å². The van der Waals surface area contributed by atoms with Crippen LogP contribution in [0.4, 0.5) is 0 Å². The molecule has 2 heterocycles. The molecule has 1 aromatic heterocycles. The van der Waals surface area contributed by atoms with Crippen molar-refractivity contribution < 1.29 is 13.2 Å². The monoisotopic (exact) mass is 275 g/mol. The van der Waals surface area contributed by atoms with Gasteiger partial charge in [-0.15, -0.1) is 11.3 Å². The molecule has 0 aromatic carbocycles. The zero-order valence-corrected chi connectivity index (χ0v) is 11.7. The third-order valence-electron chi connectivity index (χ3n) is 2.96. The fourth-order valence-corrected chi connectivity index (χ4v) is 5.24. The Morgan fingerprint density at radius 1 is 1.53 bits per heavy atom. The minimum Gasteiger partial charge on any atom is -0.383 e. The lowest BCUT2D eigenvalue weighted by Gasteiger charge is -2.22. The summed E-state index contributed by atoms with van der Waals surface area (Å²) in [6, 6.07) is 3.53. The standard InChI is InChI=1S/C11H17NO3S2/c1-9-5-6-11(16-9)17(13,14)12-7-3-4-10(12)8-15-2/h5-6,10H,3-4,7-8H2,1-2H3. The Morgan fingerprint density at radius 2 is 2.29 bits per heavy atom. The lowest BCUT2D eigenvalue weighted by molar-refractivity contribution is 0.149. The summed E-state index contributed by atoms with van der Waals surface area (Å²) in [7, 11) is -1.71. The Morgan fingerprint density at radius 3 is 2.88 bits per heavy atom. The normalized spacial score (nSPS) is 22.1. The second-order valence-electron chi connectivity index (χ2n) is 4.23. The summed E-state index contributed by atoms with van der Waals surface area (Å²) >= 11 is 1.33. The largest absolute Gasteiger partial charge is 0.383 e. The van der Waals surface area contributed by atoms with E-state index in [1.54, 1.807) is 17.5 Å². The highest BCUT2D eigenvalue weighted by molar-refractivity contribution is 7.91. The Balaban J connectivity index is 2.26. The van der Waals surface area contributed by atoms with Crippen LogP contribution in [0.5, 0.6) is 0 Å². The average molecular weight is 275 g/mol. The van der Waals surface area contributed by atoms with E-state index in [1.807, 2.05) is 13.0 Å². The highest BCUT2D eigenvalue weighted by atomic mass is 32.2. The van der Waals surface area contributed by atoms with Crippen molar-refractivity contribution in [2.75, 3.05) is 20.3 Å². The van der Waals surface area contributed by atoms with E-state index in [0.717, 1.165) is 17.7 Å². The molecule has 1 unspecified atom stereocenters. The van der Waals surface area contributed by atoms with Crippen LogP contribution in [0.2, 0.25) is 0 Å². The SMILES string of the molecule is COCC1CCCN1S(=O)(=O)c1ccc(C)s1. The Kier molecular flexibility index (Phi) is 3.87. The number of nitrogens with zero attached hydrogens (tertiary/aromatic N) is 1. The van der Waals surface area contributed by atoms with Crippen LogP contribution in [0, 0.1) is 6.92 Å². The molecule has 96 valence electrons. The van der Waals surface area contributed by atoms with Gasteiger partial charge in [0.1, 0.15) is 4.21 Å². The van der Waals surface area contributed by atoms with Gasteiger partial charge in [-0.25, -0.2) is 8.42 Å². The molecular formula is C11H17NO3S2. The van der Waals surface area contributed by atoms with Gasteiger partial charge < -0.3 is 4.74 Å². The average Bonchev–Trinajstić information content (AvgIpc) is 2.87. The molecule has 6 heteroatoms. The zero-order valence-electron chi connectivity index (χ0n) is 10.0. The fourth-order valence-electron chi connectivity index (χ4n) is 2.15. The third kappa shape index (κ3) is 2.54. The predicted molar refractivity (Wildman–Crippen MR) is 67.8 cm³/mol. The van der Waals surface area contributed by atoms with E-state index in [2.05, 4.69) is 0 Å². The van der Waals surface area contributed by atoms with E-state index in [0.29, 0.717) is 17.4 Å². The first-order chi connectivity index (χ1) is 8.05. The molecule has 1 aliphatic rings. The molecule has 1 aromatic rings. The maximum absolute atomic E-state index is 12.4. The van der Waals surface area contributed by atoms with Gasteiger partial charge in [-0.2, -0.15) is 4.31 Å². The second-order valence-corrected chi connectivity index (χ2v) is 7.64.